The molecule has 0 atom stereocenters. The molecule has 2 heterocycles. The van der Waals surface area contributed by atoms with Gasteiger partial charge in [-0.05, 0) is 33.6 Å². The van der Waals surface area contributed by atoms with Gasteiger partial charge in [-0.25, -0.2) is 4.99 Å². The van der Waals surface area contributed by atoms with Crippen LogP contribution in [0.4, 0.5) is 0 Å². The van der Waals surface area contributed by atoms with Crippen LogP contribution < -0.4 is 10.6 Å². The molecule has 0 aromatic carbocycles. The number of carbonyl (C=O) groups is 1. The predicted octanol–water partition coefficient (Wildman–Crippen LogP) is 1.94. The number of halogens is 1. The number of aryl methyl sites for hydroxylation is 1. The van der Waals surface area contributed by atoms with E-state index in [9.17, 15) is 4.79 Å². The molecule has 154 valence electrons. The second kappa shape index (κ2) is 12.9. The minimum atomic E-state index is 0. The van der Waals surface area contributed by atoms with Crippen molar-refractivity contribution in [3.05, 3.63) is 11.6 Å². The van der Waals surface area contributed by atoms with E-state index in [2.05, 4.69) is 30.4 Å². The smallest absolute Gasteiger partial charge is 0.224 e. The zero-order chi connectivity index (χ0) is 18.8. The Morgan fingerprint density at radius 3 is 2.63 bits per heavy atom. The standard InChI is InChI=1S/C18H33N7O.HI/c1-4-19-18(20-12-11-17(26)24(5-2)6-3)21-14-16-23-22-15-10-8-7-9-13-25(15)16;/h4-14H2,1-3H3,(H2,19,20,21);1H. The second-order valence-electron chi connectivity index (χ2n) is 6.43. The molecule has 2 N–H and O–H groups in total. The van der Waals surface area contributed by atoms with E-state index in [-0.39, 0.29) is 29.9 Å². The van der Waals surface area contributed by atoms with Gasteiger partial charge in [-0.1, -0.05) is 6.42 Å². The highest BCUT2D eigenvalue weighted by atomic mass is 127. The summed E-state index contributed by atoms with van der Waals surface area (Å²) >= 11 is 0. The molecule has 2 rings (SSSR count). The number of guanidine groups is 1. The summed E-state index contributed by atoms with van der Waals surface area (Å²) in [6.07, 6.45) is 5.07. The first-order valence-corrected chi connectivity index (χ1v) is 9.90. The average Bonchev–Trinajstić information content (AvgIpc) is 2.87. The van der Waals surface area contributed by atoms with E-state index in [0.717, 1.165) is 44.2 Å². The third-order valence-electron chi connectivity index (χ3n) is 4.66. The molecule has 8 nitrogen and oxygen atoms in total. The Kier molecular flexibility index (Phi) is 11.3. The number of amides is 1. The van der Waals surface area contributed by atoms with Gasteiger partial charge in [0, 0.05) is 45.6 Å². The largest absolute Gasteiger partial charge is 0.357 e. The molecule has 1 aliphatic heterocycles. The van der Waals surface area contributed by atoms with Crippen LogP contribution in [0.2, 0.25) is 0 Å². The number of nitrogens with one attached hydrogen (secondary N) is 2. The quantitative estimate of drug-likeness (QED) is 0.330. The van der Waals surface area contributed by atoms with Crippen molar-refractivity contribution in [3.63, 3.8) is 0 Å². The third-order valence-corrected chi connectivity index (χ3v) is 4.66. The molecular formula is C18H34IN7O. The monoisotopic (exact) mass is 491 g/mol. The van der Waals surface area contributed by atoms with E-state index in [1.165, 1.54) is 19.3 Å². The number of hydrogen-bond donors (Lipinski definition) is 2. The molecule has 0 radical (unpaired) electrons. The number of aromatic nitrogens is 3. The van der Waals surface area contributed by atoms with Crippen molar-refractivity contribution in [1.29, 1.82) is 0 Å². The van der Waals surface area contributed by atoms with Crippen LogP contribution in [0.25, 0.3) is 0 Å². The lowest BCUT2D eigenvalue weighted by molar-refractivity contribution is -0.130. The Balaban J connectivity index is 0.00000364. The lowest BCUT2D eigenvalue weighted by atomic mass is 10.2. The van der Waals surface area contributed by atoms with Crippen molar-refractivity contribution >= 4 is 35.8 Å². The van der Waals surface area contributed by atoms with Crippen molar-refractivity contribution in [3.8, 4) is 0 Å². The molecule has 1 amide bonds. The van der Waals surface area contributed by atoms with Gasteiger partial charge in [-0.3, -0.25) is 4.79 Å². The van der Waals surface area contributed by atoms with Gasteiger partial charge in [0.25, 0.3) is 0 Å². The van der Waals surface area contributed by atoms with Crippen molar-refractivity contribution < 1.29 is 4.79 Å². The van der Waals surface area contributed by atoms with Crippen molar-refractivity contribution in [1.82, 2.24) is 30.3 Å². The lowest BCUT2D eigenvalue weighted by Gasteiger charge is -2.19. The van der Waals surface area contributed by atoms with Crippen molar-refractivity contribution in [2.24, 2.45) is 4.99 Å². The SMILES string of the molecule is CCNC(=NCc1nnc2n1CCCCC2)NCCC(=O)N(CC)CC.I. The fourth-order valence-corrected chi connectivity index (χ4v) is 3.18. The maximum Gasteiger partial charge on any atom is 0.224 e. The topological polar surface area (TPSA) is 87.4 Å². The molecule has 0 saturated carbocycles. The fraction of sp³-hybridized carbons (Fsp3) is 0.778. The summed E-state index contributed by atoms with van der Waals surface area (Å²) in [5.74, 6) is 2.88. The van der Waals surface area contributed by atoms with Crippen molar-refractivity contribution in [2.75, 3.05) is 26.2 Å². The summed E-state index contributed by atoms with van der Waals surface area (Å²) in [6, 6.07) is 0. The van der Waals surface area contributed by atoms with Gasteiger partial charge in [0.05, 0.1) is 0 Å². The van der Waals surface area contributed by atoms with Crippen LogP contribution in [0.1, 0.15) is 58.1 Å². The highest BCUT2D eigenvalue weighted by molar-refractivity contribution is 14.0. The summed E-state index contributed by atoms with van der Waals surface area (Å²) in [5.41, 5.74) is 0. The van der Waals surface area contributed by atoms with Crippen LogP contribution in [-0.2, 0) is 24.3 Å². The van der Waals surface area contributed by atoms with E-state index < -0.39 is 0 Å². The van der Waals surface area contributed by atoms with Gasteiger partial charge in [-0.2, -0.15) is 0 Å². The van der Waals surface area contributed by atoms with Gasteiger partial charge in [-0.15, -0.1) is 34.2 Å². The molecular weight excluding hydrogens is 457 g/mol. The Hall–Kier alpha value is -1.39. The summed E-state index contributed by atoms with van der Waals surface area (Å²) in [6.45, 7) is 10.3. The van der Waals surface area contributed by atoms with E-state index >= 15 is 0 Å². The number of fused-ring (bicyclic) bond motifs is 1. The minimum absolute atomic E-state index is 0. The molecule has 0 aliphatic carbocycles. The number of aliphatic imine (C=N–C) groups is 1. The van der Waals surface area contributed by atoms with Crippen LogP contribution in [0, 0.1) is 0 Å². The molecule has 1 aliphatic rings. The maximum absolute atomic E-state index is 12.1. The molecule has 9 heteroatoms. The molecule has 0 fully saturated rings. The van der Waals surface area contributed by atoms with Gasteiger partial charge >= 0.3 is 0 Å². The van der Waals surface area contributed by atoms with Crippen LogP contribution in [0.15, 0.2) is 4.99 Å². The van der Waals surface area contributed by atoms with Crippen LogP contribution >= 0.6 is 24.0 Å². The number of nitrogens with zero attached hydrogens (tertiary/aromatic N) is 5. The Bertz CT molecular complexity index is 599. The molecule has 0 saturated heterocycles. The van der Waals surface area contributed by atoms with Gasteiger partial charge in [0.1, 0.15) is 12.4 Å². The molecule has 1 aromatic rings. The molecule has 0 spiro atoms. The first-order valence-electron chi connectivity index (χ1n) is 9.90. The second-order valence-corrected chi connectivity index (χ2v) is 6.43. The number of rotatable bonds is 8. The van der Waals surface area contributed by atoms with Gasteiger partial charge in [0.15, 0.2) is 11.8 Å². The van der Waals surface area contributed by atoms with Crippen molar-refractivity contribution in [2.45, 2.75) is 66.0 Å². The number of hydrogen-bond acceptors (Lipinski definition) is 4. The molecule has 0 bridgehead atoms. The zero-order valence-electron chi connectivity index (χ0n) is 16.8. The molecule has 1 aromatic heterocycles. The summed E-state index contributed by atoms with van der Waals surface area (Å²) in [5, 5.41) is 15.1. The first kappa shape index (κ1) is 23.6. The van der Waals surface area contributed by atoms with Gasteiger partial charge < -0.3 is 20.1 Å². The Morgan fingerprint density at radius 2 is 1.93 bits per heavy atom. The van der Waals surface area contributed by atoms with E-state index in [4.69, 9.17) is 0 Å². The van der Waals surface area contributed by atoms with E-state index in [0.29, 0.717) is 25.5 Å². The van der Waals surface area contributed by atoms with Crippen LogP contribution in [-0.4, -0.2) is 57.7 Å². The van der Waals surface area contributed by atoms with Gasteiger partial charge in [0.2, 0.25) is 5.91 Å². The highest BCUT2D eigenvalue weighted by Crippen LogP contribution is 2.14. The number of carbonyl (C=O) groups excluding carboxylic acids is 1. The normalized spacial score (nSPS) is 14.0. The summed E-state index contributed by atoms with van der Waals surface area (Å²) in [7, 11) is 0. The summed E-state index contributed by atoms with van der Waals surface area (Å²) in [4.78, 5) is 18.6. The Morgan fingerprint density at radius 1 is 1.15 bits per heavy atom. The Labute approximate surface area is 179 Å². The predicted molar refractivity (Wildman–Crippen MR) is 118 cm³/mol. The fourth-order valence-electron chi connectivity index (χ4n) is 3.18. The third kappa shape index (κ3) is 7.27. The molecule has 27 heavy (non-hydrogen) atoms. The van der Waals surface area contributed by atoms with Crippen LogP contribution in [0.3, 0.4) is 0 Å². The maximum atomic E-state index is 12.1. The highest BCUT2D eigenvalue weighted by Gasteiger charge is 2.14. The molecule has 0 unspecified atom stereocenters. The first-order chi connectivity index (χ1) is 12.7. The van der Waals surface area contributed by atoms with Crippen LogP contribution in [0.5, 0.6) is 0 Å². The zero-order valence-corrected chi connectivity index (χ0v) is 19.2. The van der Waals surface area contributed by atoms with E-state index in [1.54, 1.807) is 0 Å². The summed E-state index contributed by atoms with van der Waals surface area (Å²) < 4.78 is 2.21. The van der Waals surface area contributed by atoms with E-state index in [1.807, 2.05) is 25.7 Å². The lowest BCUT2D eigenvalue weighted by Crippen LogP contribution is -2.40. The minimum Gasteiger partial charge on any atom is -0.357 e. The average molecular weight is 491 g/mol.